The topological polar surface area (TPSA) is 17.9 Å². The zero-order chi connectivity index (χ0) is 34.8. The Morgan fingerprint density at radius 1 is 0.682 bits per heavy atom. The van der Waals surface area contributed by atoms with E-state index in [1.54, 1.807) is 13.3 Å². The first-order valence-corrected chi connectivity index (χ1v) is 14.5. The first kappa shape index (κ1) is 22.5. The minimum atomic E-state index is -2.32. The normalized spacial score (nSPS) is 22.1. The fraction of sp³-hybridized carbons (Fsp3) is 0.211. The molecular weight excluding hydrogens is 722 g/mol. The second kappa shape index (κ2) is 10.0. The number of hydrogen-bond acceptors (Lipinski definition) is 4. The molecule has 8 rings (SSSR count). The van der Waals surface area contributed by atoms with E-state index in [9.17, 15) is 0 Å². The van der Waals surface area contributed by atoms with Crippen LogP contribution in [0.3, 0.4) is 0 Å². The molecule has 3 aliphatic heterocycles. The van der Waals surface area contributed by atoms with E-state index in [2.05, 4.69) is 78.2 Å². The van der Waals surface area contributed by atoms with E-state index >= 15 is 0 Å². The molecule has 1 atom stereocenters. The minimum absolute atomic E-state index is 0. The van der Waals surface area contributed by atoms with Crippen LogP contribution in [0.2, 0.25) is 0 Å². The van der Waals surface area contributed by atoms with Gasteiger partial charge in [0.1, 0.15) is 0 Å². The van der Waals surface area contributed by atoms with Crippen molar-refractivity contribution in [2.45, 2.75) is 40.0 Å². The van der Waals surface area contributed by atoms with Gasteiger partial charge in [-0.15, -0.1) is 34.6 Å². The zero-order valence-electron chi connectivity index (χ0n) is 31.1. The fourth-order valence-corrected chi connectivity index (χ4v) is 6.92. The second-order valence-corrected chi connectivity index (χ2v) is 11.8. The number of benzene rings is 4. The molecule has 4 heterocycles. The third-order valence-corrected chi connectivity index (χ3v) is 9.67. The summed E-state index contributed by atoms with van der Waals surface area (Å²) < 4.78 is 50.8. The van der Waals surface area contributed by atoms with Crippen molar-refractivity contribution in [1.82, 2.24) is 14.4 Å². The monoisotopic (exact) mass is 762 g/mol. The molecule has 0 fully saturated rings. The van der Waals surface area contributed by atoms with E-state index in [1.165, 1.54) is 9.80 Å². The average molecular weight is 763 g/mol. The van der Waals surface area contributed by atoms with E-state index in [-0.39, 0.29) is 21.1 Å². The maximum atomic E-state index is 8.10. The summed E-state index contributed by atoms with van der Waals surface area (Å²) in [5.41, 5.74) is 9.74. The number of aromatic nitrogens is 1. The van der Waals surface area contributed by atoms with Crippen LogP contribution >= 0.6 is 0 Å². The molecule has 0 spiro atoms. The SMILES string of the molecule is [2H]C([2H])([2H])N1[CH-]N(c2[c-]c(C3(C)c4[c-]c(N5[CH-]N(C([2H])([2H])[2H])C(C)=C5C)ccc4-n4c5ccccc5c5cccc3c54)ccc2)C(C)=C1C.[Pt+4]. The van der Waals surface area contributed by atoms with Crippen molar-refractivity contribution in [2.24, 2.45) is 0 Å². The number of para-hydroxylation sites is 2. The van der Waals surface area contributed by atoms with Crippen LogP contribution in [0.5, 0.6) is 0 Å². The summed E-state index contributed by atoms with van der Waals surface area (Å²) in [5, 5.41) is 2.30. The summed E-state index contributed by atoms with van der Waals surface area (Å²) in [4.78, 5) is 6.44. The quantitative estimate of drug-likeness (QED) is 0.172. The van der Waals surface area contributed by atoms with Crippen LogP contribution in [0.4, 0.5) is 11.4 Å². The Morgan fingerprint density at radius 3 is 2.00 bits per heavy atom. The van der Waals surface area contributed by atoms with Crippen molar-refractivity contribution in [3.63, 3.8) is 0 Å². The van der Waals surface area contributed by atoms with Crippen molar-refractivity contribution in [3.8, 4) is 5.69 Å². The van der Waals surface area contributed by atoms with Crippen LogP contribution in [-0.4, -0.2) is 28.3 Å². The van der Waals surface area contributed by atoms with Gasteiger partial charge in [-0.25, -0.2) is 0 Å². The van der Waals surface area contributed by atoms with Crippen molar-refractivity contribution in [3.05, 3.63) is 138 Å². The van der Waals surface area contributed by atoms with E-state index in [1.807, 2.05) is 55.7 Å². The van der Waals surface area contributed by atoms with Crippen molar-refractivity contribution < 1.29 is 29.3 Å². The molecule has 4 aromatic carbocycles. The Morgan fingerprint density at radius 2 is 1.32 bits per heavy atom. The Balaban J connectivity index is 0.00000392. The number of hydrogen-bond donors (Lipinski definition) is 0. The molecule has 222 valence electrons. The second-order valence-electron chi connectivity index (χ2n) is 11.8. The van der Waals surface area contributed by atoms with Gasteiger partial charge in [0, 0.05) is 46.8 Å². The maximum Gasteiger partial charge on any atom is 4.00 e. The van der Waals surface area contributed by atoms with Gasteiger partial charge < -0.3 is 24.2 Å². The van der Waals surface area contributed by atoms with Crippen LogP contribution < -0.4 is 9.80 Å². The molecule has 1 aromatic heterocycles. The summed E-state index contributed by atoms with van der Waals surface area (Å²) in [7, 11) is 0. The molecule has 6 heteroatoms. The van der Waals surface area contributed by atoms with Gasteiger partial charge >= 0.3 is 21.1 Å². The molecular formula is C38H35N5Pt. The maximum absolute atomic E-state index is 8.10. The molecule has 0 N–H and O–H groups in total. The largest absolute Gasteiger partial charge is 4.00 e. The molecule has 0 radical (unpaired) electrons. The number of fused-ring (bicyclic) bond motifs is 5. The van der Waals surface area contributed by atoms with Gasteiger partial charge in [0.25, 0.3) is 0 Å². The molecule has 44 heavy (non-hydrogen) atoms. The molecule has 3 aliphatic rings. The molecule has 1 unspecified atom stereocenters. The average Bonchev–Trinajstić information content (AvgIpc) is 3.68. The van der Waals surface area contributed by atoms with Crippen LogP contribution in [0.1, 0.15) is 59.5 Å². The van der Waals surface area contributed by atoms with E-state index in [0.29, 0.717) is 11.4 Å². The van der Waals surface area contributed by atoms with E-state index in [4.69, 9.17) is 8.22 Å². The summed E-state index contributed by atoms with van der Waals surface area (Å²) >= 11 is 0. The smallest absolute Gasteiger partial charge is 0.508 e. The Kier molecular flexibility index (Phi) is 5.14. The number of rotatable bonds is 3. The molecule has 5 aromatic rings. The summed E-state index contributed by atoms with van der Waals surface area (Å²) in [6.07, 6.45) is 0. The molecule has 0 bridgehead atoms. The number of anilines is 2. The predicted molar refractivity (Wildman–Crippen MR) is 176 cm³/mol. The summed E-state index contributed by atoms with van der Waals surface area (Å²) in [5.74, 6) is 0. The molecule has 0 aliphatic carbocycles. The standard InChI is InChI=1S/C38H35N5.Pt/c1-24-26(3)41(22-39(24)6)29-13-10-12-28(20-29)38(5)33-16-11-15-32-31-14-8-9-17-35(31)43(37(32)33)36-19-18-30(21-34(36)38)42-23-40(7)25(2)27(42)4;/h8-19,22-23H,1-7H3;/q-4;+4/i6D3,7D3;. The first-order valence-electron chi connectivity index (χ1n) is 17.5. The third-order valence-electron chi connectivity index (χ3n) is 9.67. The number of allylic oxidation sites excluding steroid dienone is 4. The van der Waals surface area contributed by atoms with Crippen molar-refractivity contribution in [1.29, 1.82) is 0 Å². The van der Waals surface area contributed by atoms with Gasteiger partial charge in [-0.2, -0.15) is 43.7 Å². The van der Waals surface area contributed by atoms with Crippen LogP contribution in [0.15, 0.2) is 95.6 Å². The Bertz CT molecular complexity index is 2270. The van der Waals surface area contributed by atoms with Crippen molar-refractivity contribution in [2.75, 3.05) is 23.8 Å². The molecule has 0 saturated heterocycles. The van der Waals surface area contributed by atoms with Crippen LogP contribution in [-0.2, 0) is 26.5 Å². The van der Waals surface area contributed by atoms with Gasteiger partial charge in [0.15, 0.2) is 0 Å². The minimum Gasteiger partial charge on any atom is -0.508 e. The third kappa shape index (κ3) is 3.75. The number of nitrogens with zero attached hydrogens (tertiary/aromatic N) is 5. The molecule has 0 saturated carbocycles. The summed E-state index contributed by atoms with van der Waals surface area (Å²) in [6, 6.07) is 32.5. The van der Waals surface area contributed by atoms with E-state index < -0.39 is 19.4 Å². The Labute approximate surface area is 283 Å². The molecule has 5 nitrogen and oxygen atoms in total. The van der Waals surface area contributed by atoms with Gasteiger partial charge in [-0.05, 0) is 64.7 Å². The molecule has 0 amide bonds. The predicted octanol–water partition coefficient (Wildman–Crippen LogP) is 8.29. The zero-order valence-corrected chi connectivity index (χ0v) is 27.4. The van der Waals surface area contributed by atoms with Crippen molar-refractivity contribution >= 4 is 33.2 Å². The van der Waals surface area contributed by atoms with Gasteiger partial charge in [0.05, 0.1) is 0 Å². The van der Waals surface area contributed by atoms with Crippen LogP contribution in [0, 0.1) is 25.5 Å². The van der Waals surface area contributed by atoms with Gasteiger partial charge in [-0.1, -0.05) is 49.0 Å². The van der Waals surface area contributed by atoms with Gasteiger partial charge in [0.2, 0.25) is 0 Å². The first-order chi connectivity index (χ1) is 23.1. The fourth-order valence-electron chi connectivity index (χ4n) is 6.92. The van der Waals surface area contributed by atoms with Gasteiger partial charge in [-0.3, -0.25) is 0 Å². The Hall–Kier alpha value is -3.95. The van der Waals surface area contributed by atoms with Crippen LogP contribution in [0.25, 0.3) is 27.5 Å². The van der Waals surface area contributed by atoms with E-state index in [0.717, 1.165) is 67.0 Å². The summed E-state index contributed by atoms with van der Waals surface area (Å²) in [6.45, 7) is 8.31.